The van der Waals surface area contributed by atoms with Crippen LogP contribution in [0.1, 0.15) is 11.1 Å². The van der Waals surface area contributed by atoms with Gasteiger partial charge in [0.15, 0.2) is 0 Å². The third kappa shape index (κ3) is 5.42. The second-order valence-corrected chi connectivity index (χ2v) is 7.93. The molecule has 0 aliphatic rings. The molecule has 0 radical (unpaired) electrons. The summed E-state index contributed by atoms with van der Waals surface area (Å²) in [6.45, 7) is -0.175. The molecule has 1 unspecified atom stereocenters. The molecule has 0 saturated carbocycles. The van der Waals surface area contributed by atoms with Crippen LogP contribution in [-0.2, 0) is 31.8 Å². The van der Waals surface area contributed by atoms with E-state index in [1.165, 1.54) is 24.3 Å². The van der Waals surface area contributed by atoms with Gasteiger partial charge in [0.2, 0.25) is 0 Å². The van der Waals surface area contributed by atoms with Crippen molar-refractivity contribution in [2.24, 2.45) is 9.63 Å². The molecule has 2 aromatic carbocycles. The van der Waals surface area contributed by atoms with E-state index in [0.29, 0.717) is 5.56 Å². The van der Waals surface area contributed by atoms with Crippen molar-refractivity contribution in [2.75, 3.05) is 0 Å². The first kappa shape index (κ1) is 20.7. The Labute approximate surface area is 156 Å². The van der Waals surface area contributed by atoms with E-state index in [9.17, 15) is 21.8 Å². The summed E-state index contributed by atoms with van der Waals surface area (Å²) in [6.07, 6.45) is -3.97. The molecule has 0 aliphatic heterocycles. The van der Waals surface area contributed by atoms with E-state index in [0.717, 1.165) is 6.07 Å². The molecular weight excluding hydrogens is 457 g/mol. The molecule has 0 spiro atoms. The Morgan fingerprint density at radius 2 is 1.85 bits per heavy atom. The summed E-state index contributed by atoms with van der Waals surface area (Å²) in [5.74, 6) is 0. The van der Waals surface area contributed by atoms with Crippen LogP contribution in [-0.4, -0.2) is 13.3 Å². The summed E-state index contributed by atoms with van der Waals surface area (Å²) in [5.41, 5.74) is -0.274. The van der Waals surface area contributed by atoms with E-state index in [1.54, 1.807) is 18.2 Å². The summed E-state index contributed by atoms with van der Waals surface area (Å²) in [7, 11) is -7.44. The van der Waals surface area contributed by atoms with E-state index >= 15 is 0 Å². The highest BCUT2D eigenvalue weighted by molar-refractivity contribution is 9.10. The minimum Gasteiger partial charge on any atom is -0.198 e. The molecule has 138 valence electrons. The lowest BCUT2D eigenvalue weighted by atomic mass is 10.1. The Bertz CT molecular complexity index is 942. The molecule has 0 aliphatic carbocycles. The molecule has 0 bridgehead atoms. The lowest BCUT2D eigenvalue weighted by Gasteiger charge is -2.11. The molecule has 12 heteroatoms. The van der Waals surface area contributed by atoms with Crippen molar-refractivity contribution in [1.82, 2.24) is 0 Å². The number of sulfonamides is 1. The SMILES string of the molecule is O=[P+](O)OC(F)(F)c1ccc(CN=NS(=O)(=O)c2ccccc2)cc1Br. The molecule has 1 N–H and O–H groups in total. The standard InChI is InChI=1S/C14H10BrF2N2O5PS/c15-13-8-10(6-7-12(13)14(16,17)24-25(20)21)9-18-19-26(22,23)11-4-2-1-3-5-11/h1-8H,9H2/p+1. The Kier molecular flexibility index (Phi) is 6.64. The minimum atomic E-state index is -3.97. The molecule has 0 heterocycles. The van der Waals surface area contributed by atoms with Gasteiger partial charge in [0.05, 0.1) is 17.0 Å². The lowest BCUT2D eigenvalue weighted by Crippen LogP contribution is -2.15. The van der Waals surface area contributed by atoms with Crippen molar-refractivity contribution in [3.63, 3.8) is 0 Å². The molecule has 0 aromatic heterocycles. The van der Waals surface area contributed by atoms with Gasteiger partial charge in [-0.3, -0.25) is 0 Å². The van der Waals surface area contributed by atoms with Gasteiger partial charge in [0, 0.05) is 9.04 Å². The fourth-order valence-corrected chi connectivity index (χ4v) is 3.62. The Morgan fingerprint density at radius 1 is 1.19 bits per heavy atom. The Morgan fingerprint density at radius 3 is 2.42 bits per heavy atom. The largest absolute Gasteiger partial charge is 0.701 e. The molecule has 0 saturated heterocycles. The maximum absolute atomic E-state index is 13.7. The van der Waals surface area contributed by atoms with Crippen LogP contribution in [0.4, 0.5) is 8.78 Å². The Hall–Kier alpha value is -1.65. The highest BCUT2D eigenvalue weighted by Gasteiger charge is 2.44. The maximum atomic E-state index is 13.7. The van der Waals surface area contributed by atoms with Gasteiger partial charge in [-0.1, -0.05) is 44.7 Å². The van der Waals surface area contributed by atoms with Crippen molar-refractivity contribution >= 4 is 34.2 Å². The fraction of sp³-hybridized carbons (Fsp3) is 0.143. The summed E-state index contributed by atoms with van der Waals surface area (Å²) in [5, 5.41) is 3.58. The lowest BCUT2D eigenvalue weighted by molar-refractivity contribution is -0.186. The minimum absolute atomic E-state index is 0.0183. The van der Waals surface area contributed by atoms with Crippen LogP contribution < -0.4 is 0 Å². The van der Waals surface area contributed by atoms with Crippen molar-refractivity contribution in [2.45, 2.75) is 17.5 Å². The molecule has 0 fully saturated rings. The zero-order valence-electron chi connectivity index (χ0n) is 12.8. The third-order valence-corrected chi connectivity index (χ3v) is 5.24. The molecule has 2 rings (SSSR count). The van der Waals surface area contributed by atoms with Crippen LogP contribution in [0.3, 0.4) is 0 Å². The van der Waals surface area contributed by atoms with E-state index in [-0.39, 0.29) is 15.9 Å². The number of hydrogen-bond donors (Lipinski definition) is 1. The van der Waals surface area contributed by atoms with Crippen LogP contribution in [0.2, 0.25) is 0 Å². The second-order valence-electron chi connectivity index (χ2n) is 4.83. The number of hydrogen-bond acceptors (Lipinski definition) is 5. The quantitative estimate of drug-likeness (QED) is 0.476. The van der Waals surface area contributed by atoms with E-state index in [1.807, 2.05) is 0 Å². The van der Waals surface area contributed by atoms with Gasteiger partial charge in [0.1, 0.15) is 0 Å². The van der Waals surface area contributed by atoms with Crippen LogP contribution in [0.25, 0.3) is 0 Å². The highest BCUT2D eigenvalue weighted by Crippen LogP contribution is 2.40. The molecule has 7 nitrogen and oxygen atoms in total. The smallest absolute Gasteiger partial charge is 0.198 e. The number of rotatable bonds is 7. The maximum Gasteiger partial charge on any atom is 0.701 e. The number of nitrogens with zero attached hydrogens (tertiary/aromatic N) is 2. The second kappa shape index (κ2) is 8.36. The first-order chi connectivity index (χ1) is 12.1. The van der Waals surface area contributed by atoms with Crippen molar-refractivity contribution in [3.8, 4) is 0 Å². The molecule has 0 amide bonds. The average molecular weight is 468 g/mol. The van der Waals surface area contributed by atoms with Gasteiger partial charge < -0.3 is 0 Å². The van der Waals surface area contributed by atoms with Crippen LogP contribution in [0, 0.1) is 0 Å². The average Bonchev–Trinajstić information content (AvgIpc) is 2.54. The first-order valence-corrected chi connectivity index (χ1v) is 10.2. The van der Waals surface area contributed by atoms with Gasteiger partial charge >= 0.3 is 14.4 Å². The summed E-state index contributed by atoms with van der Waals surface area (Å²) in [6, 6.07) is 10.9. The Balaban J connectivity index is 2.14. The number of alkyl halides is 2. The summed E-state index contributed by atoms with van der Waals surface area (Å²) in [4.78, 5) is 8.47. The molecular formula is C14H11BrF2N2O5PS+. The third-order valence-electron chi connectivity index (χ3n) is 3.00. The topological polar surface area (TPSA) is 105 Å². The van der Waals surface area contributed by atoms with E-state index in [4.69, 9.17) is 4.89 Å². The highest BCUT2D eigenvalue weighted by atomic mass is 79.9. The molecule has 1 atom stereocenters. The zero-order valence-corrected chi connectivity index (χ0v) is 16.1. The predicted molar refractivity (Wildman–Crippen MR) is 91.1 cm³/mol. The van der Waals surface area contributed by atoms with Crippen LogP contribution in [0.15, 0.2) is 67.5 Å². The van der Waals surface area contributed by atoms with Crippen LogP contribution in [0.5, 0.6) is 0 Å². The summed E-state index contributed by atoms with van der Waals surface area (Å²) < 4.78 is 68.6. The van der Waals surface area contributed by atoms with Crippen molar-refractivity contribution < 1.29 is 31.2 Å². The number of benzene rings is 2. The zero-order chi connectivity index (χ0) is 19.4. The summed E-state index contributed by atoms with van der Waals surface area (Å²) >= 11 is 2.91. The molecule has 26 heavy (non-hydrogen) atoms. The van der Waals surface area contributed by atoms with E-state index < -0.39 is 30.0 Å². The molecule has 2 aromatic rings. The van der Waals surface area contributed by atoms with Crippen LogP contribution >= 0.6 is 24.2 Å². The normalized spacial score (nSPS) is 13.2. The number of halogens is 3. The fourth-order valence-electron chi connectivity index (χ4n) is 1.87. The van der Waals surface area contributed by atoms with Gasteiger partial charge in [-0.15, -0.1) is 4.89 Å². The first-order valence-electron chi connectivity index (χ1n) is 6.82. The predicted octanol–water partition coefficient (Wildman–Crippen LogP) is 4.51. The van der Waals surface area contributed by atoms with Gasteiger partial charge in [-0.2, -0.15) is 22.3 Å². The van der Waals surface area contributed by atoms with Gasteiger partial charge in [-0.25, -0.2) is 0 Å². The van der Waals surface area contributed by atoms with Crippen molar-refractivity contribution in [3.05, 3.63) is 64.1 Å². The monoisotopic (exact) mass is 467 g/mol. The van der Waals surface area contributed by atoms with Crippen molar-refractivity contribution in [1.29, 1.82) is 0 Å². The van der Waals surface area contributed by atoms with Gasteiger partial charge in [0.25, 0.3) is 10.0 Å². The van der Waals surface area contributed by atoms with Gasteiger partial charge in [-0.05, 0) is 34.4 Å². The van der Waals surface area contributed by atoms with E-state index in [2.05, 4.69) is 30.1 Å².